The van der Waals surface area contributed by atoms with Crippen LogP contribution in [0.15, 0.2) is 60.7 Å². The molecule has 3 aromatic rings. The van der Waals surface area contributed by atoms with E-state index in [4.69, 9.17) is 4.74 Å². The molecule has 9 heteroatoms. The summed E-state index contributed by atoms with van der Waals surface area (Å²) >= 11 is 4.27. The number of carbonyl (C=O) groups is 3. The van der Waals surface area contributed by atoms with Crippen LogP contribution in [0.25, 0.3) is 10.8 Å². The fraction of sp³-hybridized carbons (Fsp3) is 0.333. The van der Waals surface area contributed by atoms with Crippen LogP contribution < -0.4 is 10.6 Å². The quantitative estimate of drug-likeness (QED) is 0.262. The van der Waals surface area contributed by atoms with E-state index in [1.54, 1.807) is 26.8 Å². The van der Waals surface area contributed by atoms with Gasteiger partial charge in [-0.15, -0.1) is 0 Å². The molecule has 0 aliphatic carbocycles. The number of aryl methyl sites for hydroxylation is 2. The fourth-order valence-electron chi connectivity index (χ4n) is 4.37. The first-order valence-corrected chi connectivity index (χ1v) is 13.2. The first-order chi connectivity index (χ1) is 18.4. The Hall–Kier alpha value is -4.03. The number of thiol groups is 1. The average molecular weight is 547 g/mol. The molecule has 0 radical (unpaired) electrons. The Labute approximate surface area is 234 Å². The third kappa shape index (κ3) is 7.52. The van der Waals surface area contributed by atoms with Crippen molar-refractivity contribution in [1.82, 2.24) is 10.2 Å². The topological polar surface area (TPSA) is 112 Å². The van der Waals surface area contributed by atoms with Crippen LogP contribution in [-0.2, 0) is 14.3 Å². The van der Waals surface area contributed by atoms with Crippen molar-refractivity contribution in [3.63, 3.8) is 0 Å². The van der Waals surface area contributed by atoms with Crippen molar-refractivity contribution in [2.45, 2.75) is 52.3 Å². The third-order valence-corrected chi connectivity index (χ3v) is 6.45. The summed E-state index contributed by atoms with van der Waals surface area (Å²) in [7, 11) is 0. The van der Waals surface area contributed by atoms with Gasteiger partial charge in [0, 0.05) is 11.4 Å². The number of hydrogen-bond acceptors (Lipinski definition) is 6. The predicted molar refractivity (Wildman–Crippen MR) is 156 cm³/mol. The molecule has 0 spiro atoms. The second-order valence-corrected chi connectivity index (χ2v) is 10.6. The molecule has 0 aliphatic rings. The molecule has 3 aromatic carbocycles. The molecule has 0 heterocycles. The Balaban J connectivity index is 2.02. The van der Waals surface area contributed by atoms with Crippen LogP contribution in [0, 0.1) is 25.2 Å². The summed E-state index contributed by atoms with van der Waals surface area (Å²) in [5, 5.41) is 17.1. The minimum atomic E-state index is -1.15. The van der Waals surface area contributed by atoms with Crippen LogP contribution >= 0.6 is 12.6 Å². The van der Waals surface area contributed by atoms with Crippen molar-refractivity contribution < 1.29 is 19.1 Å². The van der Waals surface area contributed by atoms with E-state index in [0.717, 1.165) is 21.9 Å². The van der Waals surface area contributed by atoms with Gasteiger partial charge >= 0.3 is 6.09 Å². The van der Waals surface area contributed by atoms with E-state index in [0.29, 0.717) is 11.3 Å². The van der Waals surface area contributed by atoms with Crippen LogP contribution in [-0.4, -0.2) is 46.7 Å². The highest BCUT2D eigenvalue weighted by Gasteiger charge is 2.37. The van der Waals surface area contributed by atoms with Crippen molar-refractivity contribution in [2.24, 2.45) is 0 Å². The van der Waals surface area contributed by atoms with Crippen molar-refractivity contribution in [2.75, 3.05) is 17.6 Å². The molecule has 3 rings (SSSR count). The van der Waals surface area contributed by atoms with Gasteiger partial charge in [-0.3, -0.25) is 9.59 Å². The van der Waals surface area contributed by atoms with E-state index in [-0.39, 0.29) is 12.3 Å². The molecule has 2 unspecified atom stereocenters. The lowest BCUT2D eigenvalue weighted by Crippen LogP contribution is -2.53. The summed E-state index contributed by atoms with van der Waals surface area (Å²) in [5.41, 5.74) is 1.95. The summed E-state index contributed by atoms with van der Waals surface area (Å²) in [5.74, 6) is -1.17. The van der Waals surface area contributed by atoms with E-state index in [9.17, 15) is 19.6 Å². The first-order valence-electron chi connectivity index (χ1n) is 12.6. The minimum absolute atomic E-state index is 0.0637. The van der Waals surface area contributed by atoms with Gasteiger partial charge in [-0.2, -0.15) is 17.9 Å². The van der Waals surface area contributed by atoms with Gasteiger partial charge in [0.25, 0.3) is 5.91 Å². The summed E-state index contributed by atoms with van der Waals surface area (Å²) in [6.07, 6.45) is -0.795. The molecule has 204 valence electrons. The number of amides is 3. The molecule has 2 N–H and O–H groups in total. The number of benzene rings is 3. The smallest absolute Gasteiger partial charge is 0.408 e. The molecule has 8 nitrogen and oxygen atoms in total. The molecule has 0 fully saturated rings. The fourth-order valence-corrected chi connectivity index (χ4v) is 4.62. The number of nitrogens with zero attached hydrogens (tertiary/aromatic N) is 2. The molecule has 0 saturated carbocycles. The number of anilines is 1. The summed E-state index contributed by atoms with van der Waals surface area (Å²) in [6, 6.07) is 18.6. The van der Waals surface area contributed by atoms with E-state index in [1.807, 2.05) is 74.5 Å². The molecular weight excluding hydrogens is 512 g/mol. The highest BCUT2D eigenvalue weighted by molar-refractivity contribution is 7.80. The van der Waals surface area contributed by atoms with Gasteiger partial charge in [0.1, 0.15) is 24.2 Å². The molecule has 2 atom stereocenters. The lowest BCUT2D eigenvalue weighted by atomic mass is 9.93. The monoisotopic (exact) mass is 546 g/mol. The van der Waals surface area contributed by atoms with Crippen LogP contribution in [0.2, 0.25) is 0 Å². The van der Waals surface area contributed by atoms with Gasteiger partial charge in [-0.1, -0.05) is 48.5 Å². The van der Waals surface area contributed by atoms with Gasteiger partial charge in [0.15, 0.2) is 0 Å². The Bertz CT molecular complexity index is 1390. The zero-order chi connectivity index (χ0) is 28.7. The van der Waals surface area contributed by atoms with Gasteiger partial charge in [0.2, 0.25) is 5.91 Å². The maximum absolute atomic E-state index is 13.9. The number of ether oxygens (including phenoxy) is 1. The first kappa shape index (κ1) is 29.5. The van der Waals surface area contributed by atoms with Crippen LogP contribution in [0.1, 0.15) is 43.5 Å². The van der Waals surface area contributed by atoms with Gasteiger partial charge in [-0.05, 0) is 74.2 Å². The maximum Gasteiger partial charge on any atom is 0.408 e. The van der Waals surface area contributed by atoms with Gasteiger partial charge in [-0.25, -0.2) is 4.79 Å². The Morgan fingerprint density at radius 3 is 2.23 bits per heavy atom. The average Bonchev–Trinajstić information content (AvgIpc) is 2.87. The summed E-state index contributed by atoms with van der Waals surface area (Å²) in [6.45, 7) is 8.44. The van der Waals surface area contributed by atoms with Crippen molar-refractivity contribution in [3.05, 3.63) is 77.4 Å². The largest absolute Gasteiger partial charge is 0.444 e. The number of rotatable bonds is 8. The van der Waals surface area contributed by atoms with Gasteiger partial charge in [0.05, 0.1) is 6.07 Å². The highest BCUT2D eigenvalue weighted by atomic mass is 32.1. The second kappa shape index (κ2) is 12.7. The predicted octanol–water partition coefficient (Wildman–Crippen LogP) is 5.31. The SMILES string of the molecule is Cc1cccc(C)c1C(C(=O)Nc1ccc2ccccc2c1)N(CC#N)C(=O)C(CS)NC(=O)OC(C)(C)C. The molecular formula is C30H34N4O4S. The Morgan fingerprint density at radius 2 is 1.64 bits per heavy atom. The molecule has 0 saturated heterocycles. The van der Waals surface area contributed by atoms with Crippen molar-refractivity contribution >= 4 is 47.0 Å². The molecule has 3 amide bonds. The number of hydrogen-bond donors (Lipinski definition) is 3. The number of nitriles is 1. The lowest BCUT2D eigenvalue weighted by molar-refractivity contribution is -0.139. The second-order valence-electron chi connectivity index (χ2n) is 10.3. The van der Waals surface area contributed by atoms with Crippen LogP contribution in [0.5, 0.6) is 0 Å². The zero-order valence-electron chi connectivity index (χ0n) is 22.8. The molecule has 39 heavy (non-hydrogen) atoms. The van der Waals surface area contributed by atoms with Crippen molar-refractivity contribution in [1.29, 1.82) is 5.26 Å². The molecule has 0 aliphatic heterocycles. The van der Waals surface area contributed by atoms with Crippen LogP contribution in [0.4, 0.5) is 10.5 Å². The number of fused-ring (bicyclic) bond motifs is 1. The maximum atomic E-state index is 13.9. The van der Waals surface area contributed by atoms with E-state index >= 15 is 0 Å². The summed E-state index contributed by atoms with van der Waals surface area (Å²) < 4.78 is 5.31. The zero-order valence-corrected chi connectivity index (χ0v) is 23.7. The standard InChI is InChI=1S/C30H34N4O4S/c1-19-9-8-10-20(2)25(19)26(27(35)32-23-14-13-21-11-6-7-12-22(21)17-23)34(16-15-31)28(36)24(18-39)33-29(37)38-30(3,4)5/h6-14,17,24,26,39H,16,18H2,1-5H3,(H,32,35)(H,33,37). The van der Waals surface area contributed by atoms with Gasteiger partial charge < -0.3 is 20.3 Å². The van der Waals surface area contributed by atoms with Crippen LogP contribution in [0.3, 0.4) is 0 Å². The Kier molecular flexibility index (Phi) is 9.60. The van der Waals surface area contributed by atoms with Crippen molar-refractivity contribution in [3.8, 4) is 6.07 Å². The van der Waals surface area contributed by atoms with E-state index in [2.05, 4.69) is 23.3 Å². The minimum Gasteiger partial charge on any atom is -0.444 e. The Morgan fingerprint density at radius 1 is 1.00 bits per heavy atom. The summed E-state index contributed by atoms with van der Waals surface area (Å²) in [4.78, 5) is 41.4. The molecule has 0 aromatic heterocycles. The molecule has 0 bridgehead atoms. The normalized spacial score (nSPS) is 12.6. The number of carbonyl (C=O) groups excluding carboxylic acids is 3. The number of nitrogens with one attached hydrogen (secondary N) is 2. The highest BCUT2D eigenvalue weighted by Crippen LogP contribution is 2.30. The van der Waals surface area contributed by atoms with E-state index < -0.39 is 35.6 Å². The number of alkyl carbamates (subject to hydrolysis) is 1. The lowest BCUT2D eigenvalue weighted by Gasteiger charge is -2.34. The van der Waals surface area contributed by atoms with E-state index in [1.165, 1.54) is 4.90 Å². The third-order valence-electron chi connectivity index (χ3n) is 6.09.